The summed E-state index contributed by atoms with van der Waals surface area (Å²) in [7, 11) is 0. The third kappa shape index (κ3) is 6.77. The van der Waals surface area contributed by atoms with Crippen molar-refractivity contribution in [3.63, 3.8) is 0 Å². The van der Waals surface area contributed by atoms with E-state index in [1.54, 1.807) is 12.4 Å². The number of amides is 1. The van der Waals surface area contributed by atoms with Gasteiger partial charge in [0.25, 0.3) is 0 Å². The Kier molecular flexibility index (Phi) is 7.57. The van der Waals surface area contributed by atoms with Crippen LogP contribution >= 0.6 is 0 Å². The van der Waals surface area contributed by atoms with Crippen LogP contribution in [0.25, 0.3) is 0 Å². The number of rotatable bonds is 4. The molecule has 0 saturated carbocycles. The minimum absolute atomic E-state index is 0.168. The van der Waals surface area contributed by atoms with E-state index in [1.807, 2.05) is 36.5 Å². The molecular formula is C18H21F3N4O4. The van der Waals surface area contributed by atoms with Crippen molar-refractivity contribution in [1.29, 1.82) is 0 Å². The molecule has 3 heterocycles. The number of hydrogen-bond acceptors (Lipinski definition) is 5. The molecule has 1 amide bonds. The number of carboxylic acid groups (broad SMARTS) is 1. The SMILES string of the molecule is CCC(=O)N1Cc2cncn2CC(COc2cccnc2)C1.O=C(O)C(F)(F)F. The molecule has 0 fully saturated rings. The molecule has 0 saturated heterocycles. The second kappa shape index (κ2) is 9.89. The minimum atomic E-state index is -5.08. The highest BCUT2D eigenvalue weighted by atomic mass is 19.4. The number of pyridine rings is 1. The Labute approximate surface area is 164 Å². The molecule has 158 valence electrons. The van der Waals surface area contributed by atoms with E-state index >= 15 is 0 Å². The lowest BCUT2D eigenvalue weighted by molar-refractivity contribution is -0.192. The lowest BCUT2D eigenvalue weighted by Gasteiger charge is -2.23. The van der Waals surface area contributed by atoms with Gasteiger partial charge in [-0.15, -0.1) is 0 Å². The van der Waals surface area contributed by atoms with Gasteiger partial charge in [-0.05, 0) is 12.1 Å². The Hall–Kier alpha value is -3.11. The summed E-state index contributed by atoms with van der Waals surface area (Å²) in [4.78, 5) is 31.2. The second-order valence-electron chi connectivity index (χ2n) is 6.33. The van der Waals surface area contributed by atoms with Crippen LogP contribution < -0.4 is 4.74 Å². The first-order valence-electron chi connectivity index (χ1n) is 8.80. The summed E-state index contributed by atoms with van der Waals surface area (Å²) in [5.41, 5.74) is 1.07. The number of aliphatic carboxylic acids is 1. The van der Waals surface area contributed by atoms with Crippen LogP contribution in [-0.4, -0.2) is 55.7 Å². The Balaban J connectivity index is 0.000000370. The lowest BCUT2D eigenvalue weighted by Crippen LogP contribution is -2.35. The fraction of sp³-hybridized carbons (Fsp3) is 0.444. The fourth-order valence-electron chi connectivity index (χ4n) is 2.72. The molecule has 8 nitrogen and oxygen atoms in total. The van der Waals surface area contributed by atoms with E-state index in [0.29, 0.717) is 26.1 Å². The van der Waals surface area contributed by atoms with Crippen molar-refractivity contribution < 1.29 is 32.6 Å². The number of imidazole rings is 1. The van der Waals surface area contributed by atoms with E-state index in [2.05, 4.69) is 14.5 Å². The molecule has 0 radical (unpaired) electrons. The van der Waals surface area contributed by atoms with Crippen LogP contribution in [0.3, 0.4) is 0 Å². The molecule has 0 spiro atoms. The monoisotopic (exact) mass is 414 g/mol. The van der Waals surface area contributed by atoms with Crippen molar-refractivity contribution in [2.45, 2.75) is 32.6 Å². The van der Waals surface area contributed by atoms with Gasteiger partial charge in [0.05, 0.1) is 31.4 Å². The molecule has 0 bridgehead atoms. The minimum Gasteiger partial charge on any atom is -0.492 e. The first-order chi connectivity index (χ1) is 13.7. The first kappa shape index (κ1) is 22.2. The van der Waals surface area contributed by atoms with Gasteiger partial charge in [0.1, 0.15) is 5.75 Å². The third-order valence-electron chi connectivity index (χ3n) is 4.10. The summed E-state index contributed by atoms with van der Waals surface area (Å²) in [6.07, 6.45) is 2.52. The van der Waals surface area contributed by atoms with Gasteiger partial charge in [0, 0.05) is 37.8 Å². The molecule has 11 heteroatoms. The average Bonchev–Trinajstić information content (AvgIpc) is 3.04. The smallest absolute Gasteiger partial charge is 0.490 e. The van der Waals surface area contributed by atoms with Gasteiger partial charge in [-0.1, -0.05) is 6.92 Å². The van der Waals surface area contributed by atoms with Crippen molar-refractivity contribution in [2.24, 2.45) is 5.92 Å². The Bertz CT molecular complexity index is 811. The zero-order valence-electron chi connectivity index (χ0n) is 15.7. The number of nitrogens with zero attached hydrogens (tertiary/aromatic N) is 4. The fourth-order valence-corrected chi connectivity index (χ4v) is 2.72. The predicted octanol–water partition coefficient (Wildman–Crippen LogP) is 2.36. The number of halogens is 3. The Morgan fingerprint density at radius 3 is 2.59 bits per heavy atom. The highest BCUT2D eigenvalue weighted by Gasteiger charge is 2.38. The number of fused-ring (bicyclic) bond motifs is 1. The van der Waals surface area contributed by atoms with Gasteiger partial charge in [-0.2, -0.15) is 13.2 Å². The maximum Gasteiger partial charge on any atom is 0.490 e. The number of carboxylic acids is 1. The van der Waals surface area contributed by atoms with Crippen LogP contribution in [0.2, 0.25) is 0 Å². The van der Waals surface area contributed by atoms with Gasteiger partial charge >= 0.3 is 12.1 Å². The lowest BCUT2D eigenvalue weighted by atomic mass is 10.1. The highest BCUT2D eigenvalue weighted by molar-refractivity contribution is 5.75. The number of carbonyl (C=O) groups is 2. The summed E-state index contributed by atoms with van der Waals surface area (Å²) in [6.45, 7) is 4.58. The molecule has 1 aliphatic rings. The number of ether oxygens (including phenoxy) is 1. The number of aromatic nitrogens is 3. The third-order valence-corrected chi connectivity index (χ3v) is 4.10. The summed E-state index contributed by atoms with van der Waals surface area (Å²) < 4.78 is 39.7. The second-order valence-corrected chi connectivity index (χ2v) is 6.33. The van der Waals surface area contributed by atoms with Crippen LogP contribution in [0.5, 0.6) is 5.75 Å². The van der Waals surface area contributed by atoms with Crippen molar-refractivity contribution in [3.8, 4) is 5.75 Å². The maximum atomic E-state index is 12.1. The topological polar surface area (TPSA) is 97.5 Å². The summed E-state index contributed by atoms with van der Waals surface area (Å²) >= 11 is 0. The van der Waals surface area contributed by atoms with Crippen molar-refractivity contribution in [1.82, 2.24) is 19.4 Å². The van der Waals surface area contributed by atoms with E-state index in [0.717, 1.165) is 18.0 Å². The molecule has 0 aromatic carbocycles. The standard InChI is InChI=1S/C16H20N4O2.C2HF3O2/c1-2-16(21)19-8-13(9-20-12-18-6-14(20)10-19)11-22-15-4-3-5-17-7-15;3-2(4,5)1(6)7/h3-7,12-13H,2,8-11H2,1H3;(H,6,7). The molecule has 1 atom stereocenters. The molecule has 1 N–H and O–H groups in total. The summed E-state index contributed by atoms with van der Waals surface area (Å²) in [5, 5.41) is 7.12. The molecule has 2 aromatic rings. The van der Waals surface area contributed by atoms with Crippen molar-refractivity contribution in [3.05, 3.63) is 42.7 Å². The maximum absolute atomic E-state index is 12.1. The van der Waals surface area contributed by atoms with Crippen LogP contribution in [0.4, 0.5) is 13.2 Å². The van der Waals surface area contributed by atoms with E-state index in [-0.39, 0.29) is 11.8 Å². The molecule has 1 aliphatic heterocycles. The van der Waals surface area contributed by atoms with E-state index in [9.17, 15) is 18.0 Å². The van der Waals surface area contributed by atoms with Crippen molar-refractivity contribution >= 4 is 11.9 Å². The van der Waals surface area contributed by atoms with E-state index in [1.165, 1.54) is 0 Å². The highest BCUT2D eigenvalue weighted by Crippen LogP contribution is 2.18. The molecular weight excluding hydrogens is 393 g/mol. The van der Waals surface area contributed by atoms with Crippen LogP contribution in [0, 0.1) is 5.92 Å². The van der Waals surface area contributed by atoms with Crippen LogP contribution in [0.1, 0.15) is 19.0 Å². The molecule has 0 aliphatic carbocycles. The molecule has 1 unspecified atom stereocenters. The largest absolute Gasteiger partial charge is 0.492 e. The van der Waals surface area contributed by atoms with Gasteiger partial charge in [0.2, 0.25) is 5.91 Å². The van der Waals surface area contributed by atoms with Crippen LogP contribution in [0.15, 0.2) is 37.1 Å². The predicted molar refractivity (Wildman–Crippen MR) is 94.8 cm³/mol. The Morgan fingerprint density at radius 1 is 1.28 bits per heavy atom. The zero-order valence-corrected chi connectivity index (χ0v) is 15.7. The zero-order chi connectivity index (χ0) is 21.4. The number of alkyl halides is 3. The van der Waals surface area contributed by atoms with Gasteiger partial charge < -0.3 is 19.3 Å². The summed E-state index contributed by atoms with van der Waals surface area (Å²) in [6, 6.07) is 3.74. The quantitative estimate of drug-likeness (QED) is 0.825. The number of carbonyl (C=O) groups excluding carboxylic acids is 1. The molecule has 3 rings (SSSR count). The van der Waals surface area contributed by atoms with E-state index < -0.39 is 12.1 Å². The van der Waals surface area contributed by atoms with Crippen LogP contribution in [-0.2, 0) is 22.7 Å². The van der Waals surface area contributed by atoms with Gasteiger partial charge in [-0.3, -0.25) is 9.78 Å². The molecule has 2 aromatic heterocycles. The van der Waals surface area contributed by atoms with Gasteiger partial charge in [0.15, 0.2) is 0 Å². The molecule has 29 heavy (non-hydrogen) atoms. The average molecular weight is 414 g/mol. The Morgan fingerprint density at radius 2 is 2.00 bits per heavy atom. The number of hydrogen-bond donors (Lipinski definition) is 1. The van der Waals surface area contributed by atoms with E-state index in [4.69, 9.17) is 14.6 Å². The van der Waals surface area contributed by atoms with Gasteiger partial charge in [-0.25, -0.2) is 9.78 Å². The first-order valence-corrected chi connectivity index (χ1v) is 8.80. The normalized spacial score (nSPS) is 16.1. The summed E-state index contributed by atoms with van der Waals surface area (Å²) in [5.74, 6) is -1.61. The van der Waals surface area contributed by atoms with Crippen molar-refractivity contribution in [2.75, 3.05) is 13.2 Å².